The van der Waals surface area contributed by atoms with E-state index in [-0.39, 0.29) is 9.92 Å². The van der Waals surface area contributed by atoms with Gasteiger partial charge in [0.1, 0.15) is 10.6 Å². The fraction of sp³-hybridized carbons (Fsp3) is 0.286. The highest BCUT2D eigenvalue weighted by Gasteiger charge is 2.25. The number of imidazole rings is 1. The zero-order valence-corrected chi connectivity index (χ0v) is 19.4. The first-order chi connectivity index (χ1) is 14.1. The Bertz CT molecular complexity index is 1160. The molecule has 0 saturated heterocycles. The van der Waals surface area contributed by atoms with E-state index in [1.54, 1.807) is 20.0 Å². The van der Waals surface area contributed by atoms with Crippen LogP contribution in [-0.4, -0.2) is 18.0 Å². The quantitative estimate of drug-likeness (QED) is 0.486. The molecule has 1 atom stereocenters. The van der Waals surface area contributed by atoms with Crippen molar-refractivity contribution < 1.29 is 13.2 Å². The van der Waals surface area contributed by atoms with Crippen LogP contribution in [0.3, 0.4) is 0 Å². The summed E-state index contributed by atoms with van der Waals surface area (Å²) in [6.07, 6.45) is 1.61. The second kappa shape index (κ2) is 8.98. The van der Waals surface area contributed by atoms with Crippen molar-refractivity contribution in [3.05, 3.63) is 69.5 Å². The van der Waals surface area contributed by atoms with Crippen LogP contribution in [0.25, 0.3) is 0 Å². The molecule has 0 fully saturated rings. The van der Waals surface area contributed by atoms with Crippen molar-refractivity contribution in [1.29, 1.82) is 0 Å². The average Bonchev–Trinajstić information content (AvgIpc) is 3.08. The lowest BCUT2D eigenvalue weighted by Gasteiger charge is -2.18. The zero-order chi connectivity index (χ0) is 22.1. The van der Waals surface area contributed by atoms with E-state index in [0.29, 0.717) is 34.6 Å². The molecule has 9 heteroatoms. The average molecular weight is 468 g/mol. The first-order valence-corrected chi connectivity index (χ1v) is 11.6. The van der Waals surface area contributed by atoms with Gasteiger partial charge in [-0.05, 0) is 57.5 Å². The van der Waals surface area contributed by atoms with E-state index in [9.17, 15) is 8.42 Å². The molecule has 0 bridgehead atoms. The lowest BCUT2D eigenvalue weighted by atomic mass is 10.2. The van der Waals surface area contributed by atoms with Gasteiger partial charge in [-0.25, -0.2) is 18.1 Å². The molecule has 1 heterocycles. The molecule has 0 radical (unpaired) electrons. The minimum absolute atomic E-state index is 0.0170. The van der Waals surface area contributed by atoms with Crippen LogP contribution in [0.1, 0.15) is 36.7 Å². The van der Waals surface area contributed by atoms with Crippen molar-refractivity contribution >= 4 is 33.2 Å². The minimum Gasteiger partial charge on any atom is -0.426 e. The minimum atomic E-state index is -3.88. The van der Waals surface area contributed by atoms with Gasteiger partial charge in [-0.2, -0.15) is 0 Å². The zero-order valence-electron chi connectivity index (χ0n) is 17.1. The molecule has 6 nitrogen and oxygen atoms in total. The largest absolute Gasteiger partial charge is 0.426 e. The molecule has 1 unspecified atom stereocenters. The summed E-state index contributed by atoms with van der Waals surface area (Å²) in [6, 6.07) is 10.3. The molecule has 0 aliphatic carbocycles. The number of nitrogens with one attached hydrogen (secondary N) is 1. The molecule has 0 amide bonds. The molecule has 3 aromatic rings. The SMILES string of the molecule is CCn1c(C(C)NS(=O)(=O)c2cc(C)c(Cl)cc2Cl)cnc1Oc1ccc(C)cc1. The Kier molecular flexibility index (Phi) is 6.77. The van der Waals surface area contributed by atoms with Crippen molar-refractivity contribution in [3.8, 4) is 11.8 Å². The highest BCUT2D eigenvalue weighted by atomic mass is 35.5. The van der Waals surface area contributed by atoms with Gasteiger partial charge in [-0.15, -0.1) is 0 Å². The third-order valence-electron chi connectivity index (χ3n) is 4.67. The summed E-state index contributed by atoms with van der Waals surface area (Å²) in [5, 5.41) is 0.478. The Balaban J connectivity index is 1.86. The Labute approximate surface area is 186 Å². The molecule has 1 aromatic heterocycles. The smallest absolute Gasteiger partial charge is 0.302 e. The van der Waals surface area contributed by atoms with Gasteiger partial charge in [-0.3, -0.25) is 4.57 Å². The van der Waals surface area contributed by atoms with Crippen molar-refractivity contribution in [1.82, 2.24) is 14.3 Å². The van der Waals surface area contributed by atoms with E-state index in [2.05, 4.69) is 9.71 Å². The first-order valence-electron chi connectivity index (χ1n) is 9.40. The predicted molar refractivity (Wildman–Crippen MR) is 119 cm³/mol. The summed E-state index contributed by atoms with van der Waals surface area (Å²) in [5.41, 5.74) is 2.42. The standard InChI is InChI=1S/C21H23Cl2N3O3S/c1-5-26-19(12-24-21(26)29-16-8-6-13(2)7-9-16)15(4)25-30(27,28)20-10-14(3)17(22)11-18(20)23/h6-12,15,25H,5H2,1-4H3. The predicted octanol–water partition coefficient (Wildman–Crippen LogP) is 5.66. The van der Waals surface area contributed by atoms with Crippen LogP contribution in [0.2, 0.25) is 10.0 Å². The lowest BCUT2D eigenvalue weighted by molar-refractivity contribution is 0.408. The van der Waals surface area contributed by atoms with Crippen molar-refractivity contribution in [3.63, 3.8) is 0 Å². The number of aryl methyl sites for hydroxylation is 2. The van der Waals surface area contributed by atoms with Crippen molar-refractivity contribution in [2.45, 2.75) is 45.2 Å². The number of nitrogens with zero attached hydrogens (tertiary/aromatic N) is 2. The third kappa shape index (κ3) is 4.81. The summed E-state index contributed by atoms with van der Waals surface area (Å²) in [5.74, 6) is 0.657. The third-order valence-corrected chi connectivity index (χ3v) is 7.09. The topological polar surface area (TPSA) is 73.2 Å². The number of aromatic nitrogens is 2. The van der Waals surface area contributed by atoms with Crippen molar-refractivity contribution in [2.24, 2.45) is 0 Å². The van der Waals surface area contributed by atoms with E-state index in [0.717, 1.165) is 5.56 Å². The fourth-order valence-electron chi connectivity index (χ4n) is 3.02. The van der Waals surface area contributed by atoms with Crippen LogP contribution < -0.4 is 9.46 Å². The molecule has 0 saturated carbocycles. The number of sulfonamides is 1. The van der Waals surface area contributed by atoms with Crippen LogP contribution in [0.4, 0.5) is 0 Å². The Hall–Kier alpha value is -2.06. The number of rotatable bonds is 7. The summed E-state index contributed by atoms with van der Waals surface area (Å²) in [6.45, 7) is 7.96. The highest BCUT2D eigenvalue weighted by Crippen LogP contribution is 2.30. The second-order valence-corrected chi connectivity index (χ2v) is 9.50. The fourth-order valence-corrected chi connectivity index (χ4v) is 5.07. The summed E-state index contributed by atoms with van der Waals surface area (Å²) >= 11 is 12.2. The molecule has 30 heavy (non-hydrogen) atoms. The van der Waals surface area contributed by atoms with Crippen LogP contribution in [0.15, 0.2) is 47.5 Å². The van der Waals surface area contributed by atoms with E-state index in [4.69, 9.17) is 27.9 Å². The Morgan fingerprint density at radius 2 is 1.80 bits per heavy atom. The van der Waals surface area contributed by atoms with Gasteiger partial charge in [0.25, 0.3) is 0 Å². The first kappa shape index (κ1) is 22.6. The van der Waals surface area contributed by atoms with E-state index in [1.165, 1.54) is 12.1 Å². The van der Waals surface area contributed by atoms with Crippen molar-refractivity contribution in [2.75, 3.05) is 0 Å². The van der Waals surface area contributed by atoms with Crippen LogP contribution in [-0.2, 0) is 16.6 Å². The summed E-state index contributed by atoms with van der Waals surface area (Å²) in [7, 11) is -3.88. The molecule has 0 aliphatic rings. The van der Waals surface area contributed by atoms with Crippen LogP contribution in [0, 0.1) is 13.8 Å². The monoisotopic (exact) mass is 467 g/mol. The molecule has 1 N–H and O–H groups in total. The number of halogens is 2. The second-order valence-electron chi connectivity index (χ2n) is 7.00. The van der Waals surface area contributed by atoms with E-state index in [1.807, 2.05) is 42.7 Å². The number of benzene rings is 2. The summed E-state index contributed by atoms with van der Waals surface area (Å²) < 4.78 is 36.2. The van der Waals surface area contributed by atoms with Gasteiger partial charge in [0.05, 0.1) is 23.0 Å². The molecule has 0 aliphatic heterocycles. The van der Waals surface area contributed by atoms with Gasteiger partial charge >= 0.3 is 6.01 Å². The van der Waals surface area contributed by atoms with Gasteiger partial charge in [0.2, 0.25) is 10.0 Å². The maximum atomic E-state index is 12.9. The van der Waals surface area contributed by atoms with Gasteiger partial charge < -0.3 is 4.74 Å². The Morgan fingerprint density at radius 3 is 2.43 bits per heavy atom. The van der Waals surface area contributed by atoms with Gasteiger partial charge in [-0.1, -0.05) is 40.9 Å². The number of hydrogen-bond donors (Lipinski definition) is 1. The molecular formula is C21H23Cl2N3O3S. The molecular weight excluding hydrogens is 445 g/mol. The van der Waals surface area contributed by atoms with Gasteiger partial charge in [0.15, 0.2) is 0 Å². The normalized spacial score (nSPS) is 12.7. The lowest BCUT2D eigenvalue weighted by Crippen LogP contribution is -2.28. The van der Waals surface area contributed by atoms with E-state index >= 15 is 0 Å². The van der Waals surface area contributed by atoms with Gasteiger partial charge in [0, 0.05) is 11.6 Å². The van der Waals surface area contributed by atoms with Crippen LogP contribution >= 0.6 is 23.2 Å². The maximum Gasteiger partial charge on any atom is 0.302 e. The van der Waals surface area contributed by atoms with Crippen LogP contribution in [0.5, 0.6) is 11.8 Å². The molecule has 0 spiro atoms. The van der Waals surface area contributed by atoms with E-state index < -0.39 is 16.1 Å². The maximum absolute atomic E-state index is 12.9. The molecule has 2 aromatic carbocycles. The number of ether oxygens (including phenoxy) is 1. The highest BCUT2D eigenvalue weighted by molar-refractivity contribution is 7.89. The molecule has 160 valence electrons. The number of hydrogen-bond acceptors (Lipinski definition) is 4. The summed E-state index contributed by atoms with van der Waals surface area (Å²) in [4.78, 5) is 4.32. The molecule has 3 rings (SSSR count). The Morgan fingerprint density at radius 1 is 1.13 bits per heavy atom.